The van der Waals surface area contributed by atoms with Gasteiger partial charge in [0.25, 0.3) is 0 Å². The van der Waals surface area contributed by atoms with E-state index < -0.39 is 0 Å². The predicted octanol–water partition coefficient (Wildman–Crippen LogP) is 2.87. The Kier molecular flexibility index (Phi) is 5.57. The molecule has 0 spiro atoms. The first-order valence-corrected chi connectivity index (χ1v) is 5.24. The van der Waals surface area contributed by atoms with Crippen LogP contribution in [0, 0.1) is 0 Å². The highest BCUT2D eigenvalue weighted by Crippen LogP contribution is 2.18. The van der Waals surface area contributed by atoms with Crippen LogP contribution in [0.15, 0.2) is 60.7 Å². The second-order valence-electron chi connectivity index (χ2n) is 3.30. The third-order valence-electron chi connectivity index (χ3n) is 2.32. The first-order chi connectivity index (χ1) is 7.88. The van der Waals surface area contributed by atoms with Crippen LogP contribution in [0.2, 0.25) is 0 Å². The van der Waals surface area contributed by atoms with Crippen LogP contribution < -0.4 is 5.73 Å². The maximum Gasteiger partial charge on any atom is 0.0579 e. The van der Waals surface area contributed by atoms with Gasteiger partial charge in [0.05, 0.1) is 17.9 Å². The molecule has 0 amide bonds. The summed E-state index contributed by atoms with van der Waals surface area (Å²) < 4.78 is 6.47. The van der Waals surface area contributed by atoms with E-state index in [1.807, 2.05) is 36.4 Å². The minimum atomic E-state index is -0.0163. The molecule has 0 bridgehead atoms. The minimum Gasteiger partial charge on any atom is -0.320 e. The molecule has 0 atom stereocenters. The van der Waals surface area contributed by atoms with E-state index in [-0.39, 0.29) is 6.04 Å². The summed E-state index contributed by atoms with van der Waals surface area (Å²) in [5.41, 5.74) is 8.42. The average Bonchev–Trinajstić information content (AvgIpc) is 2.42. The van der Waals surface area contributed by atoms with Gasteiger partial charge in [-0.05, 0) is 11.1 Å². The number of rotatable bonds is 2. The smallest absolute Gasteiger partial charge is 0.0579 e. The van der Waals surface area contributed by atoms with Gasteiger partial charge < -0.3 is 5.73 Å². The summed E-state index contributed by atoms with van der Waals surface area (Å²) in [5.74, 6) is 0. The lowest BCUT2D eigenvalue weighted by Gasteiger charge is -2.11. The van der Waals surface area contributed by atoms with Crippen LogP contribution in [0.1, 0.15) is 17.2 Å². The van der Waals surface area contributed by atoms with E-state index in [0.717, 1.165) is 11.1 Å². The van der Waals surface area contributed by atoms with E-state index in [9.17, 15) is 0 Å². The maximum absolute atomic E-state index is 6.47. The summed E-state index contributed by atoms with van der Waals surface area (Å²) in [7, 11) is 0. The number of hydrogen-bond donors (Lipinski definition) is 2. The molecule has 0 unspecified atom stereocenters. The standard InChI is InChI=1S/C13H13N.ClHO/c14-13(11-7-3-1-4-8-11)12-9-5-2-6-10-12;1-2/h1-10,13H,14H2;2H. The van der Waals surface area contributed by atoms with Crippen molar-refractivity contribution in [3.05, 3.63) is 71.8 Å². The monoisotopic (exact) mass is 235 g/mol. The fourth-order valence-electron chi connectivity index (χ4n) is 1.51. The van der Waals surface area contributed by atoms with Gasteiger partial charge in [-0.2, -0.15) is 0 Å². The van der Waals surface area contributed by atoms with Gasteiger partial charge in [-0.1, -0.05) is 60.7 Å². The van der Waals surface area contributed by atoms with Crippen molar-refractivity contribution in [2.24, 2.45) is 5.73 Å². The Morgan fingerprint density at radius 1 is 0.750 bits per heavy atom. The van der Waals surface area contributed by atoms with Gasteiger partial charge in [-0.25, -0.2) is 0 Å². The van der Waals surface area contributed by atoms with Gasteiger partial charge in [0, 0.05) is 0 Å². The molecule has 0 heterocycles. The SMILES string of the molecule is NC(c1ccccc1)c1ccccc1.OCl. The molecule has 0 aliphatic rings. The molecular weight excluding hydrogens is 222 g/mol. The molecule has 2 rings (SSSR count). The van der Waals surface area contributed by atoms with E-state index in [0.29, 0.717) is 0 Å². The molecule has 3 heteroatoms. The first-order valence-electron chi connectivity index (χ1n) is 4.90. The molecular formula is C13H14ClNO. The van der Waals surface area contributed by atoms with Crippen LogP contribution in [-0.4, -0.2) is 4.66 Å². The Morgan fingerprint density at radius 3 is 1.38 bits per heavy atom. The summed E-state index contributed by atoms with van der Waals surface area (Å²) in [4.78, 5) is 0. The number of halogens is 1. The minimum absolute atomic E-state index is 0.0163. The van der Waals surface area contributed by atoms with Crippen LogP contribution >= 0.6 is 11.9 Å². The van der Waals surface area contributed by atoms with Crippen molar-refractivity contribution < 1.29 is 4.66 Å². The molecule has 2 aromatic rings. The largest absolute Gasteiger partial charge is 0.320 e. The highest BCUT2D eigenvalue weighted by atomic mass is 35.5. The third kappa shape index (κ3) is 3.35. The van der Waals surface area contributed by atoms with Gasteiger partial charge in [-0.15, -0.1) is 0 Å². The van der Waals surface area contributed by atoms with E-state index in [2.05, 4.69) is 36.1 Å². The van der Waals surface area contributed by atoms with Crippen molar-refractivity contribution >= 4 is 11.9 Å². The number of hydrogen-bond acceptors (Lipinski definition) is 2. The second kappa shape index (κ2) is 7.01. The number of benzene rings is 2. The Bertz CT molecular complexity index is 352. The van der Waals surface area contributed by atoms with Gasteiger partial charge in [0.1, 0.15) is 0 Å². The van der Waals surface area contributed by atoms with Crippen LogP contribution in [0.3, 0.4) is 0 Å². The molecule has 0 aromatic heterocycles. The first kappa shape index (κ1) is 12.7. The fourth-order valence-corrected chi connectivity index (χ4v) is 1.51. The molecule has 0 radical (unpaired) electrons. The van der Waals surface area contributed by atoms with Gasteiger partial charge >= 0.3 is 0 Å². The molecule has 2 nitrogen and oxygen atoms in total. The molecule has 0 aliphatic heterocycles. The van der Waals surface area contributed by atoms with Crippen molar-refractivity contribution in [3.63, 3.8) is 0 Å². The maximum atomic E-state index is 6.47. The fraction of sp³-hybridized carbons (Fsp3) is 0.0769. The lowest BCUT2D eigenvalue weighted by Crippen LogP contribution is -2.11. The molecule has 0 saturated heterocycles. The van der Waals surface area contributed by atoms with Gasteiger partial charge in [0.15, 0.2) is 0 Å². The van der Waals surface area contributed by atoms with Crippen molar-refractivity contribution in [3.8, 4) is 0 Å². The summed E-state index contributed by atoms with van der Waals surface area (Å²) in [6, 6.07) is 20.2. The van der Waals surface area contributed by atoms with Crippen molar-refractivity contribution in [2.45, 2.75) is 6.04 Å². The Labute approximate surface area is 100 Å². The molecule has 3 N–H and O–H groups in total. The van der Waals surface area contributed by atoms with E-state index in [4.69, 9.17) is 10.4 Å². The molecule has 0 saturated carbocycles. The predicted molar refractivity (Wildman–Crippen MR) is 67.0 cm³/mol. The molecule has 2 aromatic carbocycles. The van der Waals surface area contributed by atoms with E-state index in [1.54, 1.807) is 0 Å². The van der Waals surface area contributed by atoms with Crippen molar-refractivity contribution in [1.29, 1.82) is 0 Å². The Balaban J connectivity index is 0.000000606. The number of nitrogens with two attached hydrogens (primary N) is 1. The molecule has 0 aliphatic carbocycles. The lowest BCUT2D eigenvalue weighted by atomic mass is 10.00. The molecule has 16 heavy (non-hydrogen) atoms. The Morgan fingerprint density at radius 2 is 1.06 bits per heavy atom. The average molecular weight is 236 g/mol. The zero-order chi connectivity index (χ0) is 11.8. The summed E-state index contributed by atoms with van der Waals surface area (Å²) in [5, 5.41) is 0. The van der Waals surface area contributed by atoms with E-state index >= 15 is 0 Å². The van der Waals surface area contributed by atoms with Gasteiger partial charge in [-0.3, -0.25) is 4.66 Å². The highest BCUT2D eigenvalue weighted by molar-refractivity contribution is 6.04. The summed E-state index contributed by atoms with van der Waals surface area (Å²) >= 11 is 3.64. The van der Waals surface area contributed by atoms with Crippen LogP contribution in [0.5, 0.6) is 0 Å². The van der Waals surface area contributed by atoms with Gasteiger partial charge in [0.2, 0.25) is 0 Å². The Hall–Kier alpha value is -1.35. The van der Waals surface area contributed by atoms with Crippen molar-refractivity contribution in [1.82, 2.24) is 0 Å². The van der Waals surface area contributed by atoms with Crippen LogP contribution in [0.25, 0.3) is 0 Å². The third-order valence-corrected chi connectivity index (χ3v) is 2.32. The molecule has 84 valence electrons. The summed E-state index contributed by atoms with van der Waals surface area (Å²) in [6.07, 6.45) is 0. The zero-order valence-corrected chi connectivity index (χ0v) is 9.51. The quantitative estimate of drug-likeness (QED) is 0.841. The lowest BCUT2D eigenvalue weighted by molar-refractivity contribution is 0.632. The summed E-state index contributed by atoms with van der Waals surface area (Å²) in [6.45, 7) is 0. The second-order valence-corrected chi connectivity index (χ2v) is 3.30. The topological polar surface area (TPSA) is 46.2 Å². The van der Waals surface area contributed by atoms with Crippen LogP contribution in [-0.2, 0) is 0 Å². The highest BCUT2D eigenvalue weighted by Gasteiger charge is 2.06. The molecule has 0 fully saturated rings. The zero-order valence-electron chi connectivity index (χ0n) is 8.75. The van der Waals surface area contributed by atoms with Crippen LogP contribution in [0.4, 0.5) is 0 Å². The van der Waals surface area contributed by atoms with Crippen molar-refractivity contribution in [2.75, 3.05) is 0 Å². The van der Waals surface area contributed by atoms with E-state index in [1.165, 1.54) is 0 Å². The normalized spacial score (nSPS) is 9.50.